The van der Waals surface area contributed by atoms with Crippen molar-refractivity contribution in [1.82, 2.24) is 0 Å². The highest BCUT2D eigenvalue weighted by molar-refractivity contribution is 5.93. The van der Waals surface area contributed by atoms with Gasteiger partial charge in [0.25, 0.3) is 0 Å². The minimum absolute atomic E-state index is 0.0259. The molecule has 2 aromatic carbocycles. The van der Waals surface area contributed by atoms with Gasteiger partial charge in [-0.05, 0) is 47.9 Å². The van der Waals surface area contributed by atoms with Gasteiger partial charge in [0.2, 0.25) is 0 Å². The third-order valence-electron chi connectivity index (χ3n) is 3.92. The number of furan rings is 1. The Morgan fingerprint density at radius 2 is 2.08 bits per heavy atom. The lowest BCUT2D eigenvalue weighted by Gasteiger charge is -2.10. The molecule has 1 aromatic heterocycles. The highest BCUT2D eigenvalue weighted by Crippen LogP contribution is 2.32. The zero-order valence-corrected chi connectivity index (χ0v) is 14.2. The molecule has 25 heavy (non-hydrogen) atoms. The number of rotatable bonds is 6. The average Bonchev–Trinajstić information content (AvgIpc) is 3.07. The lowest BCUT2D eigenvalue weighted by atomic mass is 9.99. The van der Waals surface area contributed by atoms with Crippen molar-refractivity contribution >= 4 is 11.0 Å². The van der Waals surface area contributed by atoms with E-state index in [0.29, 0.717) is 18.9 Å². The van der Waals surface area contributed by atoms with Crippen LogP contribution in [0.3, 0.4) is 0 Å². The Balaban J connectivity index is 1.98. The molecule has 0 aliphatic heterocycles. The molecule has 0 spiro atoms. The summed E-state index contributed by atoms with van der Waals surface area (Å²) in [6.45, 7) is 6.09. The zero-order valence-electron chi connectivity index (χ0n) is 14.2. The van der Waals surface area contributed by atoms with Crippen LogP contribution in [-0.2, 0) is 17.9 Å². The molecular weight excluding hydrogens is 314 g/mol. The summed E-state index contributed by atoms with van der Waals surface area (Å²) in [7, 11) is 0. The van der Waals surface area contributed by atoms with Crippen LogP contribution in [0.2, 0.25) is 0 Å². The van der Waals surface area contributed by atoms with Gasteiger partial charge in [-0.1, -0.05) is 24.8 Å². The summed E-state index contributed by atoms with van der Waals surface area (Å²) in [4.78, 5) is 0. The average molecular weight is 335 g/mol. The maximum atomic E-state index is 9.20. The van der Waals surface area contributed by atoms with Crippen molar-refractivity contribution in [1.29, 1.82) is 0 Å². The summed E-state index contributed by atoms with van der Waals surface area (Å²) >= 11 is 0. The second-order valence-electron chi connectivity index (χ2n) is 5.92. The maximum Gasteiger partial charge on any atom is 0.141 e. The van der Waals surface area contributed by atoms with Gasteiger partial charge in [-0.3, -0.25) is 0 Å². The van der Waals surface area contributed by atoms with E-state index in [-0.39, 0.29) is 5.76 Å². The Kier molecular flexibility index (Phi) is 4.91. The van der Waals surface area contributed by atoms with Gasteiger partial charge in [0, 0.05) is 23.6 Å². The molecule has 0 fully saturated rings. The molecule has 0 bridgehead atoms. The summed E-state index contributed by atoms with van der Waals surface area (Å²) < 4.78 is 11.4. The van der Waals surface area contributed by atoms with Crippen LogP contribution in [0.25, 0.3) is 22.1 Å². The SMILES string of the molecule is C=C(O)/C=C(\C)OCc1cc(-c2cccc(CN)c2)c2occc2c1. The molecule has 1 heterocycles. The fraction of sp³-hybridized carbons (Fsp3) is 0.143. The van der Waals surface area contributed by atoms with E-state index in [1.807, 2.05) is 30.3 Å². The van der Waals surface area contributed by atoms with E-state index in [1.165, 1.54) is 6.08 Å². The molecule has 0 aliphatic carbocycles. The predicted octanol–water partition coefficient (Wildman–Crippen LogP) is 5.05. The Morgan fingerprint density at radius 3 is 2.84 bits per heavy atom. The molecule has 0 saturated heterocycles. The largest absolute Gasteiger partial charge is 0.508 e. The monoisotopic (exact) mass is 335 g/mol. The van der Waals surface area contributed by atoms with Crippen molar-refractivity contribution in [3.8, 4) is 11.1 Å². The topological polar surface area (TPSA) is 68.6 Å². The number of ether oxygens (including phenoxy) is 1. The second-order valence-corrected chi connectivity index (χ2v) is 5.92. The summed E-state index contributed by atoms with van der Waals surface area (Å²) in [5, 5.41) is 10.2. The van der Waals surface area contributed by atoms with Gasteiger partial charge in [0.1, 0.15) is 17.9 Å². The number of benzene rings is 2. The minimum Gasteiger partial charge on any atom is -0.508 e. The van der Waals surface area contributed by atoms with E-state index in [2.05, 4.69) is 18.7 Å². The molecule has 0 saturated carbocycles. The summed E-state index contributed by atoms with van der Waals surface area (Å²) in [5.74, 6) is 0.577. The van der Waals surface area contributed by atoms with Gasteiger partial charge in [-0.25, -0.2) is 0 Å². The first kappa shape index (κ1) is 16.9. The summed E-state index contributed by atoms with van der Waals surface area (Å²) in [6, 6.07) is 14.2. The molecule has 0 unspecified atom stereocenters. The van der Waals surface area contributed by atoms with Crippen molar-refractivity contribution in [3.05, 3.63) is 84.0 Å². The third kappa shape index (κ3) is 3.92. The van der Waals surface area contributed by atoms with E-state index in [0.717, 1.165) is 33.2 Å². The second kappa shape index (κ2) is 7.28. The van der Waals surface area contributed by atoms with Crippen molar-refractivity contribution < 1.29 is 14.3 Å². The van der Waals surface area contributed by atoms with E-state index in [1.54, 1.807) is 13.2 Å². The molecule has 3 aromatic rings. The fourth-order valence-electron chi connectivity index (χ4n) is 2.78. The third-order valence-corrected chi connectivity index (χ3v) is 3.92. The van der Waals surface area contributed by atoms with Gasteiger partial charge >= 0.3 is 0 Å². The Hall–Kier alpha value is -2.98. The molecule has 0 radical (unpaired) electrons. The van der Waals surface area contributed by atoms with Crippen LogP contribution < -0.4 is 5.73 Å². The van der Waals surface area contributed by atoms with Crippen LogP contribution in [-0.4, -0.2) is 5.11 Å². The van der Waals surface area contributed by atoms with E-state index in [4.69, 9.17) is 14.9 Å². The molecule has 4 heteroatoms. The highest BCUT2D eigenvalue weighted by atomic mass is 16.5. The van der Waals surface area contributed by atoms with Gasteiger partial charge in [0.05, 0.1) is 12.0 Å². The number of aliphatic hydroxyl groups is 1. The van der Waals surface area contributed by atoms with Crippen molar-refractivity contribution in [2.24, 2.45) is 5.73 Å². The minimum atomic E-state index is -0.0259. The first-order valence-electron chi connectivity index (χ1n) is 8.05. The molecule has 4 nitrogen and oxygen atoms in total. The number of allylic oxidation sites excluding steroid dienone is 2. The first-order valence-corrected chi connectivity index (χ1v) is 8.05. The van der Waals surface area contributed by atoms with E-state index < -0.39 is 0 Å². The fourth-order valence-corrected chi connectivity index (χ4v) is 2.78. The Morgan fingerprint density at radius 1 is 1.24 bits per heavy atom. The summed E-state index contributed by atoms with van der Waals surface area (Å²) in [5.41, 5.74) is 10.7. The van der Waals surface area contributed by atoms with Crippen molar-refractivity contribution in [3.63, 3.8) is 0 Å². The molecule has 3 N–H and O–H groups in total. The smallest absolute Gasteiger partial charge is 0.141 e. The van der Waals surface area contributed by atoms with E-state index in [9.17, 15) is 5.11 Å². The molecule has 128 valence electrons. The number of aliphatic hydroxyl groups excluding tert-OH is 1. The van der Waals surface area contributed by atoms with Crippen LogP contribution in [0.5, 0.6) is 0 Å². The highest BCUT2D eigenvalue weighted by Gasteiger charge is 2.10. The van der Waals surface area contributed by atoms with Crippen LogP contribution in [0.15, 0.2) is 77.3 Å². The van der Waals surface area contributed by atoms with Crippen LogP contribution in [0, 0.1) is 0 Å². The van der Waals surface area contributed by atoms with Crippen molar-refractivity contribution in [2.45, 2.75) is 20.1 Å². The van der Waals surface area contributed by atoms with Gasteiger partial charge < -0.3 is 20.0 Å². The standard InChI is InChI=1S/C21H21NO3/c1-14(23)8-15(2)25-13-17-10-19-6-7-24-21(19)20(11-17)18-5-3-4-16(9-18)12-22/h3-11,23H,1,12-13,22H2,2H3/b15-8+. The summed E-state index contributed by atoms with van der Waals surface area (Å²) in [6.07, 6.45) is 3.18. The maximum absolute atomic E-state index is 9.20. The normalized spacial score (nSPS) is 11.7. The van der Waals surface area contributed by atoms with Gasteiger partial charge in [-0.2, -0.15) is 0 Å². The molecule has 0 aliphatic rings. The van der Waals surface area contributed by atoms with Crippen molar-refractivity contribution in [2.75, 3.05) is 0 Å². The first-order chi connectivity index (χ1) is 12.1. The van der Waals surface area contributed by atoms with E-state index >= 15 is 0 Å². The number of hydrogen-bond acceptors (Lipinski definition) is 4. The van der Waals surface area contributed by atoms with Crippen LogP contribution in [0.1, 0.15) is 18.1 Å². The number of nitrogens with two attached hydrogens (primary N) is 1. The molecule has 0 atom stereocenters. The predicted molar refractivity (Wildman–Crippen MR) is 99.9 cm³/mol. The van der Waals surface area contributed by atoms with Gasteiger partial charge in [0.15, 0.2) is 0 Å². The number of hydrogen-bond donors (Lipinski definition) is 2. The Labute approximate surface area is 146 Å². The molecular formula is C21H21NO3. The molecule has 3 rings (SSSR count). The van der Waals surface area contributed by atoms with Gasteiger partial charge in [-0.15, -0.1) is 0 Å². The Bertz CT molecular complexity index is 937. The van der Waals surface area contributed by atoms with Crippen LogP contribution in [0.4, 0.5) is 0 Å². The quantitative estimate of drug-likeness (QED) is 0.488. The lowest BCUT2D eigenvalue weighted by molar-refractivity contribution is 0.199. The number of fused-ring (bicyclic) bond motifs is 1. The molecule has 0 amide bonds. The lowest BCUT2D eigenvalue weighted by Crippen LogP contribution is -1.96. The zero-order chi connectivity index (χ0) is 17.8. The van der Waals surface area contributed by atoms with Crippen LogP contribution >= 0.6 is 0 Å².